The van der Waals surface area contributed by atoms with Crippen LogP contribution in [0.4, 0.5) is 4.39 Å². The number of halogens is 1. The van der Waals surface area contributed by atoms with Gasteiger partial charge < -0.3 is 19.9 Å². The molecule has 0 aliphatic heterocycles. The second-order valence-corrected chi connectivity index (χ2v) is 10.4. The number of fused-ring (bicyclic) bond motifs is 1. The van der Waals surface area contributed by atoms with Crippen LogP contribution in [-0.4, -0.2) is 42.4 Å². The number of nitrogens with zero attached hydrogens (tertiary/aromatic N) is 1. The van der Waals surface area contributed by atoms with Crippen LogP contribution in [0.25, 0.3) is 28.1 Å². The van der Waals surface area contributed by atoms with E-state index < -0.39 is 12.2 Å². The molecule has 4 aromatic rings. The van der Waals surface area contributed by atoms with E-state index in [1.54, 1.807) is 32.4 Å². The Morgan fingerprint density at radius 1 is 1.10 bits per heavy atom. The van der Waals surface area contributed by atoms with Gasteiger partial charge in [0.2, 0.25) is 5.91 Å². The Morgan fingerprint density at radius 2 is 1.83 bits per heavy atom. The summed E-state index contributed by atoms with van der Waals surface area (Å²) >= 11 is 0. The van der Waals surface area contributed by atoms with Gasteiger partial charge in [0.05, 0.1) is 43.6 Å². The third kappa shape index (κ3) is 7.17. The summed E-state index contributed by atoms with van der Waals surface area (Å²) in [5, 5.41) is 14.7. The molecule has 41 heavy (non-hydrogen) atoms. The second-order valence-electron chi connectivity index (χ2n) is 10.4. The van der Waals surface area contributed by atoms with Crippen molar-refractivity contribution in [3.05, 3.63) is 102 Å². The number of nitrogens with one attached hydrogen (secondary N) is 1. The predicted molar refractivity (Wildman–Crippen MR) is 159 cm³/mol. The van der Waals surface area contributed by atoms with Gasteiger partial charge in [-0.25, -0.2) is 4.39 Å². The number of amides is 1. The number of rotatable bonds is 12. The van der Waals surface area contributed by atoms with Crippen molar-refractivity contribution in [3.8, 4) is 16.9 Å². The van der Waals surface area contributed by atoms with Crippen molar-refractivity contribution in [2.75, 3.05) is 14.2 Å². The van der Waals surface area contributed by atoms with Crippen LogP contribution >= 0.6 is 0 Å². The van der Waals surface area contributed by atoms with Gasteiger partial charge in [-0.3, -0.25) is 9.78 Å². The number of carbonyl (C=O) groups is 1. The number of pyridine rings is 1. The Labute approximate surface area is 239 Å². The largest absolute Gasteiger partial charge is 0.497 e. The number of carbonyl (C=O) groups excluding carboxylic acids is 1. The molecule has 2 atom stereocenters. The minimum Gasteiger partial charge on any atom is -0.497 e. The van der Waals surface area contributed by atoms with E-state index in [0.717, 1.165) is 57.4 Å². The highest BCUT2D eigenvalue weighted by Gasteiger charge is 2.29. The van der Waals surface area contributed by atoms with Crippen molar-refractivity contribution in [2.45, 2.75) is 50.4 Å². The number of para-hydroxylation sites is 1. The first-order valence-electron chi connectivity index (χ1n) is 13.9. The smallest absolute Gasteiger partial charge is 0.222 e. The van der Waals surface area contributed by atoms with Crippen LogP contribution in [0.1, 0.15) is 48.4 Å². The van der Waals surface area contributed by atoms with Gasteiger partial charge in [0.25, 0.3) is 0 Å². The highest BCUT2D eigenvalue weighted by atomic mass is 19.1. The van der Waals surface area contributed by atoms with E-state index in [9.17, 15) is 14.3 Å². The average molecular weight is 555 g/mol. The van der Waals surface area contributed by atoms with E-state index >= 15 is 0 Å². The van der Waals surface area contributed by atoms with Crippen LogP contribution in [0.3, 0.4) is 0 Å². The van der Waals surface area contributed by atoms with Crippen LogP contribution in [-0.2, 0) is 16.1 Å². The van der Waals surface area contributed by atoms with Gasteiger partial charge in [-0.15, -0.1) is 0 Å². The SMILES string of the molecule is CNC(=O)C[C@@H](C[C@H](O)/C=C/c1c(C2CC2)nc2ccccc2c1-c1ccc(F)cc1)OCc1ccc(OC)cc1. The number of benzene rings is 3. The lowest BCUT2D eigenvalue weighted by Gasteiger charge is -2.20. The third-order valence-corrected chi connectivity index (χ3v) is 7.38. The van der Waals surface area contributed by atoms with E-state index in [0.29, 0.717) is 12.5 Å². The molecule has 7 heteroatoms. The van der Waals surface area contributed by atoms with Crippen LogP contribution in [0.2, 0.25) is 0 Å². The molecule has 1 aromatic heterocycles. The Hall–Kier alpha value is -4.07. The molecular formula is C34H35FN2O4. The number of ether oxygens (including phenoxy) is 2. The molecule has 1 saturated carbocycles. The maximum absolute atomic E-state index is 13.8. The monoisotopic (exact) mass is 554 g/mol. The first-order chi connectivity index (χ1) is 19.9. The van der Waals surface area contributed by atoms with Crippen molar-refractivity contribution in [3.63, 3.8) is 0 Å². The number of aliphatic hydroxyl groups excluding tert-OH is 1. The average Bonchev–Trinajstić information content (AvgIpc) is 3.84. The highest BCUT2D eigenvalue weighted by Crippen LogP contribution is 2.45. The standard InChI is InChI=1S/C34H35FN2O4/c1-36-32(39)20-28(41-21-22-7-16-27(40-2)17-8-22)19-26(38)15-18-30-33(23-11-13-25(35)14-12-23)29-5-3-4-6-31(29)37-34(30)24-9-10-24/h3-8,11-18,24,26,28,38H,9-10,19-21H2,1-2H3,(H,36,39)/b18-15+/t26-,28-/m1/s1. The van der Waals surface area contributed by atoms with Crippen LogP contribution in [0.5, 0.6) is 5.75 Å². The fourth-order valence-electron chi connectivity index (χ4n) is 5.02. The second kappa shape index (κ2) is 13.1. The zero-order valence-electron chi connectivity index (χ0n) is 23.3. The van der Waals surface area contributed by atoms with E-state index in [-0.39, 0.29) is 24.6 Å². The molecule has 3 aromatic carbocycles. The van der Waals surface area contributed by atoms with Crippen LogP contribution in [0.15, 0.2) is 78.9 Å². The van der Waals surface area contributed by atoms with Gasteiger partial charge in [-0.1, -0.05) is 54.6 Å². The molecule has 5 rings (SSSR count). The molecule has 1 amide bonds. The Kier molecular flexibility index (Phi) is 9.07. The molecule has 0 radical (unpaired) electrons. The van der Waals surface area contributed by atoms with Crippen LogP contribution < -0.4 is 10.1 Å². The quantitative estimate of drug-likeness (QED) is 0.211. The van der Waals surface area contributed by atoms with Crippen molar-refractivity contribution >= 4 is 22.9 Å². The summed E-state index contributed by atoms with van der Waals surface area (Å²) in [6.45, 7) is 0.303. The summed E-state index contributed by atoms with van der Waals surface area (Å²) in [6.07, 6.45) is 4.81. The Morgan fingerprint density at radius 3 is 2.51 bits per heavy atom. The molecule has 1 fully saturated rings. The lowest BCUT2D eigenvalue weighted by molar-refractivity contribution is -0.124. The van der Waals surface area contributed by atoms with E-state index in [2.05, 4.69) is 5.32 Å². The molecule has 212 valence electrons. The fraction of sp³-hybridized carbons (Fsp3) is 0.294. The van der Waals surface area contributed by atoms with Crippen molar-refractivity contribution < 1.29 is 23.8 Å². The predicted octanol–water partition coefficient (Wildman–Crippen LogP) is 6.41. The number of aromatic nitrogens is 1. The zero-order chi connectivity index (χ0) is 28.8. The minimum atomic E-state index is -0.861. The molecule has 1 aliphatic carbocycles. The maximum Gasteiger partial charge on any atom is 0.222 e. The summed E-state index contributed by atoms with van der Waals surface area (Å²) in [5.41, 5.74) is 5.62. The van der Waals surface area contributed by atoms with Gasteiger partial charge in [-0.05, 0) is 54.3 Å². The fourth-order valence-corrected chi connectivity index (χ4v) is 5.02. The molecule has 6 nitrogen and oxygen atoms in total. The first kappa shape index (κ1) is 28.5. The van der Waals surface area contributed by atoms with Gasteiger partial charge in [0, 0.05) is 35.9 Å². The lowest BCUT2D eigenvalue weighted by Crippen LogP contribution is -2.28. The summed E-state index contributed by atoms with van der Waals surface area (Å²) in [5.74, 6) is 0.655. The maximum atomic E-state index is 13.8. The van der Waals surface area contributed by atoms with Crippen LogP contribution in [0, 0.1) is 5.82 Å². The van der Waals surface area contributed by atoms with Gasteiger partial charge in [0.1, 0.15) is 11.6 Å². The molecule has 0 spiro atoms. The van der Waals surface area contributed by atoms with Gasteiger partial charge in [-0.2, -0.15) is 0 Å². The summed E-state index contributed by atoms with van der Waals surface area (Å²) < 4.78 is 25.1. The Bertz CT molecular complexity index is 1510. The molecule has 0 unspecified atom stereocenters. The number of hydrogen-bond acceptors (Lipinski definition) is 5. The van der Waals surface area contributed by atoms with Crippen molar-refractivity contribution in [1.82, 2.24) is 10.3 Å². The number of aliphatic hydroxyl groups is 1. The minimum absolute atomic E-state index is 0.128. The number of methoxy groups -OCH3 is 1. The molecule has 0 bridgehead atoms. The van der Waals surface area contributed by atoms with E-state index in [4.69, 9.17) is 14.5 Å². The van der Waals surface area contributed by atoms with Crippen molar-refractivity contribution in [2.24, 2.45) is 0 Å². The third-order valence-electron chi connectivity index (χ3n) is 7.38. The molecule has 1 aliphatic rings. The highest BCUT2D eigenvalue weighted by molar-refractivity contribution is 5.99. The lowest BCUT2D eigenvalue weighted by atomic mass is 9.92. The molecule has 1 heterocycles. The Balaban J connectivity index is 1.42. The van der Waals surface area contributed by atoms with Gasteiger partial charge >= 0.3 is 0 Å². The van der Waals surface area contributed by atoms with Crippen molar-refractivity contribution in [1.29, 1.82) is 0 Å². The van der Waals surface area contributed by atoms with E-state index in [1.165, 1.54) is 12.1 Å². The van der Waals surface area contributed by atoms with Gasteiger partial charge in [0.15, 0.2) is 0 Å². The van der Waals surface area contributed by atoms with E-state index in [1.807, 2.05) is 54.6 Å². The molecule has 0 saturated heterocycles. The summed E-state index contributed by atoms with van der Waals surface area (Å²) in [4.78, 5) is 17.2. The summed E-state index contributed by atoms with van der Waals surface area (Å²) in [7, 11) is 3.20. The first-order valence-corrected chi connectivity index (χ1v) is 13.9. The normalized spacial score (nSPS) is 14.7. The topological polar surface area (TPSA) is 80.7 Å². The summed E-state index contributed by atoms with van der Waals surface area (Å²) in [6, 6.07) is 22.0. The molecule has 2 N–H and O–H groups in total. The number of hydrogen-bond donors (Lipinski definition) is 2. The molecular weight excluding hydrogens is 519 g/mol. The zero-order valence-corrected chi connectivity index (χ0v) is 23.3.